The lowest BCUT2D eigenvalue weighted by Gasteiger charge is -2.15. The Morgan fingerprint density at radius 1 is 1.36 bits per heavy atom. The Hall–Kier alpha value is -0.0800. The van der Waals surface area contributed by atoms with Gasteiger partial charge in [-0.1, -0.05) is 6.92 Å². The van der Waals surface area contributed by atoms with Gasteiger partial charge in [0.25, 0.3) is 0 Å². The second-order valence-electron chi connectivity index (χ2n) is 3.46. The molecular weight excluding hydrogens is 136 g/mol. The molecule has 0 aromatic heterocycles. The third kappa shape index (κ3) is 3.73. The van der Waals surface area contributed by atoms with E-state index < -0.39 is 0 Å². The molecule has 0 aliphatic heterocycles. The summed E-state index contributed by atoms with van der Waals surface area (Å²) in [6.45, 7) is 5.74. The van der Waals surface area contributed by atoms with E-state index in [9.17, 15) is 0 Å². The SMILES string of the molecule is CCCNCCN(C)C1CC1. The Bertz CT molecular complexity index is 99.7. The van der Waals surface area contributed by atoms with Crippen molar-refractivity contribution in [2.45, 2.75) is 32.2 Å². The minimum absolute atomic E-state index is 0.915. The molecule has 1 fully saturated rings. The summed E-state index contributed by atoms with van der Waals surface area (Å²) in [6.07, 6.45) is 4.09. The average Bonchev–Trinajstić information content (AvgIpc) is 2.79. The van der Waals surface area contributed by atoms with Crippen molar-refractivity contribution in [2.24, 2.45) is 0 Å². The second-order valence-corrected chi connectivity index (χ2v) is 3.46. The first kappa shape index (κ1) is 9.01. The average molecular weight is 156 g/mol. The van der Waals surface area contributed by atoms with Gasteiger partial charge < -0.3 is 10.2 Å². The minimum Gasteiger partial charge on any atom is -0.315 e. The Morgan fingerprint density at radius 3 is 2.64 bits per heavy atom. The van der Waals surface area contributed by atoms with E-state index >= 15 is 0 Å². The van der Waals surface area contributed by atoms with Gasteiger partial charge in [-0.05, 0) is 32.9 Å². The zero-order valence-electron chi connectivity index (χ0n) is 7.77. The molecule has 2 nitrogen and oxygen atoms in total. The lowest BCUT2D eigenvalue weighted by atomic mass is 10.4. The highest BCUT2D eigenvalue weighted by Crippen LogP contribution is 2.24. The van der Waals surface area contributed by atoms with E-state index in [1.807, 2.05) is 0 Å². The van der Waals surface area contributed by atoms with E-state index in [2.05, 4.69) is 24.2 Å². The van der Waals surface area contributed by atoms with Gasteiger partial charge in [-0.15, -0.1) is 0 Å². The van der Waals surface area contributed by atoms with E-state index in [0.717, 1.165) is 12.6 Å². The van der Waals surface area contributed by atoms with Gasteiger partial charge in [0.15, 0.2) is 0 Å². The van der Waals surface area contributed by atoms with Crippen LogP contribution in [-0.4, -0.2) is 37.6 Å². The number of nitrogens with one attached hydrogen (secondary N) is 1. The third-order valence-corrected chi connectivity index (χ3v) is 2.24. The third-order valence-electron chi connectivity index (χ3n) is 2.24. The molecule has 0 bridgehead atoms. The molecule has 1 N–H and O–H groups in total. The van der Waals surface area contributed by atoms with Gasteiger partial charge in [0.1, 0.15) is 0 Å². The summed E-state index contributed by atoms with van der Waals surface area (Å²) in [4.78, 5) is 2.46. The van der Waals surface area contributed by atoms with Gasteiger partial charge in [0.05, 0.1) is 0 Å². The number of nitrogens with zero attached hydrogens (tertiary/aromatic N) is 1. The van der Waals surface area contributed by atoms with Crippen LogP contribution in [0.2, 0.25) is 0 Å². The Labute approximate surface area is 70.0 Å². The van der Waals surface area contributed by atoms with Gasteiger partial charge in [-0.25, -0.2) is 0 Å². The van der Waals surface area contributed by atoms with Gasteiger partial charge >= 0.3 is 0 Å². The monoisotopic (exact) mass is 156 g/mol. The zero-order chi connectivity index (χ0) is 8.10. The van der Waals surface area contributed by atoms with Crippen LogP contribution in [0.1, 0.15) is 26.2 Å². The molecule has 0 unspecified atom stereocenters. The van der Waals surface area contributed by atoms with Crippen LogP contribution in [-0.2, 0) is 0 Å². The smallest absolute Gasteiger partial charge is 0.0107 e. The summed E-state index contributed by atoms with van der Waals surface area (Å²) in [5.41, 5.74) is 0. The van der Waals surface area contributed by atoms with Crippen molar-refractivity contribution in [1.29, 1.82) is 0 Å². The van der Waals surface area contributed by atoms with Crippen molar-refractivity contribution in [1.82, 2.24) is 10.2 Å². The molecule has 0 amide bonds. The fraction of sp³-hybridized carbons (Fsp3) is 1.00. The molecule has 0 aromatic rings. The molecule has 66 valence electrons. The topological polar surface area (TPSA) is 15.3 Å². The Balaban J connectivity index is 1.85. The first-order chi connectivity index (χ1) is 5.34. The lowest BCUT2D eigenvalue weighted by Crippen LogP contribution is -2.30. The molecule has 0 aromatic carbocycles. The van der Waals surface area contributed by atoms with Crippen LogP contribution in [0.4, 0.5) is 0 Å². The highest BCUT2D eigenvalue weighted by atomic mass is 15.2. The molecule has 1 aliphatic rings. The molecule has 0 atom stereocenters. The molecule has 0 saturated heterocycles. The standard InChI is InChI=1S/C9H20N2/c1-3-6-10-7-8-11(2)9-4-5-9/h9-10H,3-8H2,1-2H3. The predicted molar refractivity (Wildman–Crippen MR) is 48.8 cm³/mol. The van der Waals surface area contributed by atoms with Gasteiger partial charge in [-0.3, -0.25) is 0 Å². The van der Waals surface area contributed by atoms with Crippen molar-refractivity contribution in [2.75, 3.05) is 26.7 Å². The molecule has 0 heterocycles. The van der Waals surface area contributed by atoms with Crippen LogP contribution in [0.5, 0.6) is 0 Å². The lowest BCUT2D eigenvalue weighted by molar-refractivity contribution is 0.322. The maximum atomic E-state index is 3.41. The summed E-state index contributed by atoms with van der Waals surface area (Å²) in [5, 5.41) is 3.41. The van der Waals surface area contributed by atoms with E-state index in [-0.39, 0.29) is 0 Å². The van der Waals surface area contributed by atoms with Crippen LogP contribution >= 0.6 is 0 Å². The second kappa shape index (κ2) is 4.73. The quantitative estimate of drug-likeness (QED) is 0.579. The number of hydrogen-bond acceptors (Lipinski definition) is 2. The van der Waals surface area contributed by atoms with Crippen molar-refractivity contribution in [3.8, 4) is 0 Å². The molecular formula is C9H20N2. The van der Waals surface area contributed by atoms with Crippen molar-refractivity contribution in [3.63, 3.8) is 0 Å². The summed E-state index contributed by atoms with van der Waals surface area (Å²) in [5.74, 6) is 0. The van der Waals surface area contributed by atoms with Crippen molar-refractivity contribution in [3.05, 3.63) is 0 Å². The summed E-state index contributed by atoms with van der Waals surface area (Å²) < 4.78 is 0. The van der Waals surface area contributed by atoms with Crippen molar-refractivity contribution >= 4 is 0 Å². The number of rotatable bonds is 6. The largest absolute Gasteiger partial charge is 0.315 e. The molecule has 2 heteroatoms. The molecule has 0 radical (unpaired) electrons. The predicted octanol–water partition coefficient (Wildman–Crippen LogP) is 1.08. The van der Waals surface area contributed by atoms with Crippen molar-refractivity contribution < 1.29 is 0 Å². The first-order valence-corrected chi connectivity index (χ1v) is 4.75. The van der Waals surface area contributed by atoms with E-state index in [4.69, 9.17) is 0 Å². The van der Waals surface area contributed by atoms with Crippen LogP contribution < -0.4 is 5.32 Å². The summed E-state index contributed by atoms with van der Waals surface area (Å²) in [7, 11) is 2.23. The zero-order valence-corrected chi connectivity index (χ0v) is 7.77. The van der Waals surface area contributed by atoms with Gasteiger partial charge in [-0.2, -0.15) is 0 Å². The van der Waals surface area contributed by atoms with E-state index in [1.54, 1.807) is 0 Å². The van der Waals surface area contributed by atoms with Crippen LogP contribution in [0.15, 0.2) is 0 Å². The highest BCUT2D eigenvalue weighted by Gasteiger charge is 2.25. The Morgan fingerprint density at radius 2 is 2.09 bits per heavy atom. The van der Waals surface area contributed by atoms with Gasteiger partial charge in [0, 0.05) is 19.1 Å². The van der Waals surface area contributed by atoms with Gasteiger partial charge in [0.2, 0.25) is 0 Å². The van der Waals surface area contributed by atoms with Crippen LogP contribution in [0.3, 0.4) is 0 Å². The van der Waals surface area contributed by atoms with Crippen LogP contribution in [0, 0.1) is 0 Å². The number of likely N-dealkylation sites (N-methyl/N-ethyl adjacent to an activating group) is 1. The Kier molecular flexibility index (Phi) is 3.87. The molecule has 1 aliphatic carbocycles. The van der Waals surface area contributed by atoms with Crippen LogP contribution in [0.25, 0.3) is 0 Å². The fourth-order valence-corrected chi connectivity index (χ4v) is 1.26. The molecule has 1 saturated carbocycles. The van der Waals surface area contributed by atoms with E-state index in [0.29, 0.717) is 0 Å². The normalized spacial score (nSPS) is 17.7. The molecule has 0 spiro atoms. The highest BCUT2D eigenvalue weighted by molar-refractivity contribution is 4.82. The molecule has 1 rings (SSSR count). The summed E-state index contributed by atoms with van der Waals surface area (Å²) >= 11 is 0. The minimum atomic E-state index is 0.915. The maximum absolute atomic E-state index is 3.41. The maximum Gasteiger partial charge on any atom is 0.0107 e. The molecule has 11 heavy (non-hydrogen) atoms. The van der Waals surface area contributed by atoms with E-state index in [1.165, 1.54) is 32.4 Å². The first-order valence-electron chi connectivity index (χ1n) is 4.75. The summed E-state index contributed by atoms with van der Waals surface area (Å²) in [6, 6.07) is 0.915. The number of hydrogen-bond donors (Lipinski definition) is 1. The fourth-order valence-electron chi connectivity index (χ4n) is 1.26.